The number of ether oxygens (including phenoxy) is 3. The van der Waals surface area contributed by atoms with Crippen molar-refractivity contribution in [1.29, 1.82) is 0 Å². The molecule has 0 saturated heterocycles. The first-order chi connectivity index (χ1) is 35.5. The molecule has 0 amide bonds. The predicted octanol–water partition coefficient (Wildman–Crippen LogP) is 21.2. The molecule has 0 heterocycles. The quantitative estimate of drug-likeness (QED) is 0.0199. The Kier molecular flexibility index (Phi) is 58.2. The molecule has 0 aromatic rings. The first-order valence-electron chi connectivity index (χ1n) is 31.3. The summed E-state index contributed by atoms with van der Waals surface area (Å²) < 4.78 is 16.9. The zero-order valence-corrected chi connectivity index (χ0v) is 47.9. The van der Waals surface area contributed by atoms with Crippen LogP contribution in [0.15, 0.2) is 60.8 Å². The van der Waals surface area contributed by atoms with E-state index in [1.54, 1.807) is 0 Å². The molecule has 0 radical (unpaired) electrons. The van der Waals surface area contributed by atoms with Gasteiger partial charge in [0, 0.05) is 19.3 Å². The summed E-state index contributed by atoms with van der Waals surface area (Å²) in [6, 6.07) is 0. The van der Waals surface area contributed by atoms with Gasteiger partial charge >= 0.3 is 17.9 Å². The molecule has 418 valence electrons. The Balaban J connectivity index is 4.40. The van der Waals surface area contributed by atoms with E-state index in [1.165, 1.54) is 205 Å². The zero-order chi connectivity index (χ0) is 52.2. The lowest BCUT2D eigenvalue weighted by Crippen LogP contribution is -2.30. The van der Waals surface area contributed by atoms with Gasteiger partial charge in [0.25, 0.3) is 0 Å². The van der Waals surface area contributed by atoms with E-state index in [1.807, 2.05) is 0 Å². The first-order valence-corrected chi connectivity index (χ1v) is 31.3. The van der Waals surface area contributed by atoms with E-state index >= 15 is 0 Å². The number of carbonyl (C=O) groups excluding carboxylic acids is 3. The Morgan fingerprint density at radius 2 is 0.500 bits per heavy atom. The summed E-state index contributed by atoms with van der Waals surface area (Å²) in [6.07, 6.45) is 76.4. The highest BCUT2D eigenvalue weighted by Crippen LogP contribution is 2.16. The van der Waals surface area contributed by atoms with E-state index in [-0.39, 0.29) is 31.1 Å². The monoisotopic (exact) mass is 1010 g/mol. The van der Waals surface area contributed by atoms with E-state index in [4.69, 9.17) is 14.2 Å². The van der Waals surface area contributed by atoms with E-state index < -0.39 is 6.10 Å². The van der Waals surface area contributed by atoms with Gasteiger partial charge in [0.1, 0.15) is 13.2 Å². The molecule has 1 unspecified atom stereocenters. The summed E-state index contributed by atoms with van der Waals surface area (Å²) in [5.41, 5.74) is 0. The van der Waals surface area contributed by atoms with E-state index in [9.17, 15) is 14.4 Å². The maximum absolute atomic E-state index is 12.9. The highest BCUT2D eigenvalue weighted by Gasteiger charge is 2.19. The smallest absolute Gasteiger partial charge is 0.306 e. The van der Waals surface area contributed by atoms with Crippen molar-refractivity contribution in [2.75, 3.05) is 13.2 Å². The largest absolute Gasteiger partial charge is 0.462 e. The third kappa shape index (κ3) is 58.0. The van der Waals surface area contributed by atoms with Crippen molar-refractivity contribution in [3.63, 3.8) is 0 Å². The molecule has 0 N–H and O–H groups in total. The molecule has 0 aliphatic carbocycles. The first kappa shape index (κ1) is 69.1. The molecule has 0 aliphatic rings. The molecule has 0 rings (SSSR count). The van der Waals surface area contributed by atoms with Crippen LogP contribution in [0, 0.1) is 0 Å². The van der Waals surface area contributed by atoms with Gasteiger partial charge in [-0.05, 0) is 96.3 Å². The van der Waals surface area contributed by atoms with Crippen LogP contribution in [0.25, 0.3) is 0 Å². The number of unbranched alkanes of at least 4 members (excludes halogenated alkanes) is 38. The number of rotatable bonds is 57. The standard InChI is InChI=1S/C66H118O6/c1-4-7-10-13-16-19-22-25-28-31-33-36-38-41-44-47-50-53-56-59-65(68)71-62-63(61-70-64(67)58-55-52-49-46-43-40-37-34-30-27-24-21-18-15-12-9-6-3)72-66(69)60-57-54-51-48-45-42-39-35-32-29-26-23-20-17-14-11-8-5-2/h16,19,22,25,27,29-30,32,35,39,63H,4-15,17-18,20-21,23-24,26,28,31,33-34,36-38,40-62H2,1-3H3/b19-16-,25-22-,30-27-,32-29-,39-35-. The van der Waals surface area contributed by atoms with E-state index in [2.05, 4.69) is 81.5 Å². The molecule has 6 nitrogen and oxygen atoms in total. The summed E-state index contributed by atoms with van der Waals surface area (Å²) >= 11 is 0. The van der Waals surface area contributed by atoms with Crippen LogP contribution in [-0.2, 0) is 28.6 Å². The van der Waals surface area contributed by atoms with Crippen LogP contribution >= 0.6 is 0 Å². The van der Waals surface area contributed by atoms with Crippen LogP contribution in [0.1, 0.15) is 323 Å². The van der Waals surface area contributed by atoms with E-state index in [0.29, 0.717) is 19.3 Å². The number of hydrogen-bond donors (Lipinski definition) is 0. The SMILES string of the molecule is CCCCC/C=C\C=C/CCCCCCCCCCCCC(=O)OCC(COC(=O)CCCCCCCCC/C=C\CCCCCCCC)OC(=O)CCCCCCC/C=C\C=C/CCCCCCCCC. The third-order valence-corrected chi connectivity index (χ3v) is 13.8. The van der Waals surface area contributed by atoms with Gasteiger partial charge < -0.3 is 14.2 Å². The fourth-order valence-corrected chi connectivity index (χ4v) is 9.01. The molecular formula is C66H118O6. The molecule has 0 spiro atoms. The van der Waals surface area contributed by atoms with Gasteiger partial charge in [0.2, 0.25) is 0 Å². The molecule has 0 aliphatic heterocycles. The van der Waals surface area contributed by atoms with Gasteiger partial charge in [-0.2, -0.15) is 0 Å². The number of esters is 3. The van der Waals surface area contributed by atoms with Crippen molar-refractivity contribution in [1.82, 2.24) is 0 Å². The second-order valence-electron chi connectivity index (χ2n) is 21.0. The summed E-state index contributed by atoms with van der Waals surface area (Å²) in [5, 5.41) is 0. The lowest BCUT2D eigenvalue weighted by atomic mass is 10.1. The van der Waals surface area contributed by atoms with Gasteiger partial charge in [-0.1, -0.05) is 268 Å². The Hall–Kier alpha value is -2.89. The Bertz CT molecular complexity index is 1290. The summed E-state index contributed by atoms with van der Waals surface area (Å²) in [7, 11) is 0. The van der Waals surface area contributed by atoms with Crippen molar-refractivity contribution >= 4 is 17.9 Å². The molecule has 1 atom stereocenters. The van der Waals surface area contributed by atoms with Crippen LogP contribution in [-0.4, -0.2) is 37.2 Å². The maximum Gasteiger partial charge on any atom is 0.306 e. The van der Waals surface area contributed by atoms with Crippen LogP contribution in [0.4, 0.5) is 0 Å². The molecule has 0 aromatic heterocycles. The molecular weight excluding hydrogens is 889 g/mol. The topological polar surface area (TPSA) is 78.9 Å². The number of hydrogen-bond acceptors (Lipinski definition) is 6. The van der Waals surface area contributed by atoms with Gasteiger partial charge in [0.15, 0.2) is 6.10 Å². The minimum absolute atomic E-state index is 0.0823. The summed E-state index contributed by atoms with van der Waals surface area (Å²) in [6.45, 7) is 6.62. The highest BCUT2D eigenvalue weighted by molar-refractivity contribution is 5.71. The molecule has 0 saturated carbocycles. The molecule has 0 fully saturated rings. The van der Waals surface area contributed by atoms with Gasteiger partial charge in [-0.3, -0.25) is 14.4 Å². The van der Waals surface area contributed by atoms with E-state index in [0.717, 1.165) is 77.0 Å². The van der Waals surface area contributed by atoms with Crippen molar-refractivity contribution in [2.24, 2.45) is 0 Å². The summed E-state index contributed by atoms with van der Waals surface area (Å²) in [5.74, 6) is -0.889. The normalized spacial score (nSPS) is 12.4. The third-order valence-electron chi connectivity index (χ3n) is 13.8. The van der Waals surface area contributed by atoms with Crippen LogP contribution in [0.2, 0.25) is 0 Å². The lowest BCUT2D eigenvalue weighted by Gasteiger charge is -2.18. The molecule has 72 heavy (non-hydrogen) atoms. The zero-order valence-electron chi connectivity index (χ0n) is 47.9. The minimum Gasteiger partial charge on any atom is -0.462 e. The fourth-order valence-electron chi connectivity index (χ4n) is 9.01. The predicted molar refractivity (Wildman–Crippen MR) is 312 cm³/mol. The maximum atomic E-state index is 12.9. The van der Waals surface area contributed by atoms with Gasteiger partial charge in [0.05, 0.1) is 0 Å². The number of carbonyl (C=O) groups is 3. The van der Waals surface area contributed by atoms with Crippen molar-refractivity contribution in [3.8, 4) is 0 Å². The Morgan fingerprint density at radius 1 is 0.278 bits per heavy atom. The second kappa shape index (κ2) is 60.7. The average Bonchev–Trinajstić information content (AvgIpc) is 3.38. The van der Waals surface area contributed by atoms with Gasteiger partial charge in [-0.15, -0.1) is 0 Å². The second-order valence-corrected chi connectivity index (χ2v) is 21.0. The fraction of sp³-hybridized carbons (Fsp3) is 0.803. The highest BCUT2D eigenvalue weighted by atomic mass is 16.6. The number of allylic oxidation sites excluding steroid dienone is 10. The summed E-state index contributed by atoms with van der Waals surface area (Å²) in [4.78, 5) is 38.3. The minimum atomic E-state index is -0.786. The van der Waals surface area contributed by atoms with Crippen molar-refractivity contribution < 1.29 is 28.6 Å². The average molecular weight is 1010 g/mol. The van der Waals surface area contributed by atoms with Gasteiger partial charge in [-0.25, -0.2) is 0 Å². The lowest BCUT2D eigenvalue weighted by molar-refractivity contribution is -0.167. The Morgan fingerprint density at radius 3 is 0.806 bits per heavy atom. The van der Waals surface area contributed by atoms with Crippen LogP contribution < -0.4 is 0 Å². The van der Waals surface area contributed by atoms with Crippen molar-refractivity contribution in [2.45, 2.75) is 329 Å². The molecule has 6 heteroatoms. The molecule has 0 aromatic carbocycles. The molecule has 0 bridgehead atoms. The van der Waals surface area contributed by atoms with Crippen molar-refractivity contribution in [3.05, 3.63) is 60.8 Å². The van der Waals surface area contributed by atoms with Crippen LogP contribution in [0.5, 0.6) is 0 Å². The Labute approximate surface area is 447 Å². The van der Waals surface area contributed by atoms with Crippen LogP contribution in [0.3, 0.4) is 0 Å².